The Hall–Kier alpha value is -1.68. The van der Waals surface area contributed by atoms with Crippen molar-refractivity contribution in [2.45, 2.75) is 19.5 Å². The Bertz CT molecular complexity index is 480. The molecule has 0 bridgehead atoms. The van der Waals surface area contributed by atoms with Crippen molar-refractivity contribution >= 4 is 0 Å². The van der Waals surface area contributed by atoms with Gasteiger partial charge in [0.25, 0.3) is 0 Å². The smallest absolute Gasteiger partial charge is 0.128 e. The van der Waals surface area contributed by atoms with Gasteiger partial charge in [0.15, 0.2) is 0 Å². The first-order valence-corrected chi connectivity index (χ1v) is 5.47. The largest absolute Gasteiger partial charge is 0.367 e. The van der Waals surface area contributed by atoms with Crippen molar-refractivity contribution in [1.82, 2.24) is 10.3 Å². The topological polar surface area (TPSA) is 27.8 Å². The van der Waals surface area contributed by atoms with Gasteiger partial charge in [0.2, 0.25) is 0 Å². The van der Waals surface area contributed by atoms with Gasteiger partial charge in [0, 0.05) is 30.5 Å². The van der Waals surface area contributed by atoms with E-state index in [1.807, 2.05) is 25.4 Å². The summed E-state index contributed by atoms with van der Waals surface area (Å²) in [6.45, 7) is 2.42. The van der Waals surface area contributed by atoms with E-state index >= 15 is 0 Å². The Labute approximate surface area is 98.7 Å². The van der Waals surface area contributed by atoms with Crippen molar-refractivity contribution in [3.05, 3.63) is 59.4 Å². The summed E-state index contributed by atoms with van der Waals surface area (Å²) in [4.78, 5) is 2.94. The molecule has 1 aromatic carbocycles. The molecule has 90 valence electrons. The van der Waals surface area contributed by atoms with Gasteiger partial charge in [-0.05, 0) is 36.8 Å². The predicted molar refractivity (Wildman–Crippen MR) is 62.4 cm³/mol. The van der Waals surface area contributed by atoms with Crippen molar-refractivity contribution in [1.29, 1.82) is 0 Å². The molecule has 0 saturated carbocycles. The van der Waals surface area contributed by atoms with Crippen LogP contribution in [0.4, 0.5) is 8.78 Å². The SMILES string of the molecule is CC(NCc1cc[nH]c1)c1cc(F)ccc1F. The van der Waals surface area contributed by atoms with Crippen LogP contribution in [0.1, 0.15) is 24.1 Å². The summed E-state index contributed by atoms with van der Waals surface area (Å²) < 4.78 is 26.5. The van der Waals surface area contributed by atoms with Crippen LogP contribution in [0.2, 0.25) is 0 Å². The monoisotopic (exact) mass is 236 g/mol. The summed E-state index contributed by atoms with van der Waals surface area (Å²) in [5, 5.41) is 3.14. The molecule has 2 nitrogen and oxygen atoms in total. The van der Waals surface area contributed by atoms with Crippen molar-refractivity contribution in [2.75, 3.05) is 0 Å². The van der Waals surface area contributed by atoms with Crippen molar-refractivity contribution < 1.29 is 8.78 Å². The third-order valence-corrected chi connectivity index (χ3v) is 2.70. The van der Waals surface area contributed by atoms with Gasteiger partial charge in [0.1, 0.15) is 11.6 Å². The van der Waals surface area contributed by atoms with E-state index in [9.17, 15) is 8.78 Å². The van der Waals surface area contributed by atoms with E-state index in [1.54, 1.807) is 0 Å². The maximum Gasteiger partial charge on any atom is 0.128 e. The Kier molecular flexibility index (Phi) is 3.54. The van der Waals surface area contributed by atoms with Crippen molar-refractivity contribution in [2.24, 2.45) is 0 Å². The van der Waals surface area contributed by atoms with E-state index < -0.39 is 5.82 Å². The van der Waals surface area contributed by atoms with Gasteiger partial charge >= 0.3 is 0 Å². The molecule has 0 aliphatic carbocycles. The molecule has 0 fully saturated rings. The molecule has 0 radical (unpaired) electrons. The zero-order valence-electron chi connectivity index (χ0n) is 9.50. The Morgan fingerprint density at radius 1 is 1.29 bits per heavy atom. The molecule has 2 aromatic rings. The number of halogens is 2. The molecule has 0 amide bonds. The molecule has 0 aliphatic heterocycles. The Balaban J connectivity index is 2.04. The number of rotatable bonds is 4. The van der Waals surface area contributed by atoms with E-state index in [-0.39, 0.29) is 11.9 Å². The van der Waals surface area contributed by atoms with Crippen LogP contribution in [0.5, 0.6) is 0 Å². The van der Waals surface area contributed by atoms with Gasteiger partial charge in [-0.1, -0.05) is 0 Å². The van der Waals surface area contributed by atoms with Gasteiger partial charge in [-0.2, -0.15) is 0 Å². The highest BCUT2D eigenvalue weighted by Crippen LogP contribution is 2.18. The van der Waals surface area contributed by atoms with Crippen LogP contribution in [-0.4, -0.2) is 4.98 Å². The number of H-pyrrole nitrogens is 1. The quantitative estimate of drug-likeness (QED) is 0.838. The van der Waals surface area contributed by atoms with E-state index in [2.05, 4.69) is 10.3 Å². The molecule has 1 unspecified atom stereocenters. The minimum Gasteiger partial charge on any atom is -0.367 e. The summed E-state index contributed by atoms with van der Waals surface area (Å²) >= 11 is 0. The number of hydrogen-bond acceptors (Lipinski definition) is 1. The number of nitrogens with one attached hydrogen (secondary N) is 2. The normalized spacial score (nSPS) is 12.6. The van der Waals surface area contributed by atoms with Crippen LogP contribution >= 0.6 is 0 Å². The summed E-state index contributed by atoms with van der Waals surface area (Å²) in [5.74, 6) is -0.808. The van der Waals surface area contributed by atoms with Crippen LogP contribution < -0.4 is 5.32 Å². The lowest BCUT2D eigenvalue weighted by Gasteiger charge is -2.14. The summed E-state index contributed by atoms with van der Waals surface area (Å²) in [5.41, 5.74) is 1.43. The summed E-state index contributed by atoms with van der Waals surface area (Å²) in [6.07, 6.45) is 3.69. The first-order chi connectivity index (χ1) is 8.16. The van der Waals surface area contributed by atoms with Gasteiger partial charge < -0.3 is 10.3 Å². The predicted octanol–water partition coefficient (Wildman–Crippen LogP) is 3.14. The van der Waals surface area contributed by atoms with Gasteiger partial charge in [-0.15, -0.1) is 0 Å². The second-order valence-electron chi connectivity index (χ2n) is 3.99. The molecule has 1 aromatic heterocycles. The summed E-state index contributed by atoms with van der Waals surface area (Å²) in [6, 6.07) is 5.20. The number of benzene rings is 1. The van der Waals surface area contributed by atoms with Crippen molar-refractivity contribution in [3.8, 4) is 0 Å². The highest BCUT2D eigenvalue weighted by molar-refractivity contribution is 5.22. The standard InChI is InChI=1S/C13H14F2N2/c1-9(17-8-10-4-5-16-7-10)12-6-11(14)2-3-13(12)15/h2-7,9,16-17H,8H2,1H3. The third kappa shape index (κ3) is 2.91. The second kappa shape index (κ2) is 5.10. The summed E-state index contributed by atoms with van der Waals surface area (Å²) in [7, 11) is 0. The average Bonchev–Trinajstić information content (AvgIpc) is 2.82. The second-order valence-corrected chi connectivity index (χ2v) is 3.99. The maximum absolute atomic E-state index is 13.5. The molecule has 0 saturated heterocycles. The van der Waals surface area contributed by atoms with E-state index in [0.29, 0.717) is 12.1 Å². The molecule has 2 N–H and O–H groups in total. The van der Waals surface area contributed by atoms with Crippen LogP contribution in [0.3, 0.4) is 0 Å². The molecular formula is C13H14F2N2. The lowest BCUT2D eigenvalue weighted by Crippen LogP contribution is -2.19. The van der Waals surface area contributed by atoms with E-state index in [4.69, 9.17) is 0 Å². The third-order valence-electron chi connectivity index (χ3n) is 2.70. The molecule has 1 heterocycles. The Morgan fingerprint density at radius 2 is 2.12 bits per heavy atom. The Morgan fingerprint density at radius 3 is 2.82 bits per heavy atom. The fourth-order valence-electron chi connectivity index (χ4n) is 1.70. The van der Waals surface area contributed by atoms with Crippen LogP contribution in [0, 0.1) is 11.6 Å². The molecule has 1 atom stereocenters. The lowest BCUT2D eigenvalue weighted by atomic mass is 10.1. The van der Waals surface area contributed by atoms with Gasteiger partial charge in [-0.25, -0.2) is 8.78 Å². The molecule has 17 heavy (non-hydrogen) atoms. The highest BCUT2D eigenvalue weighted by Gasteiger charge is 2.11. The van der Waals surface area contributed by atoms with Crippen LogP contribution in [0.15, 0.2) is 36.7 Å². The minimum atomic E-state index is -0.420. The zero-order chi connectivity index (χ0) is 12.3. The molecular weight excluding hydrogens is 222 g/mol. The van der Waals surface area contributed by atoms with E-state index in [1.165, 1.54) is 6.07 Å². The highest BCUT2D eigenvalue weighted by atomic mass is 19.1. The zero-order valence-corrected chi connectivity index (χ0v) is 9.50. The van der Waals surface area contributed by atoms with Crippen molar-refractivity contribution in [3.63, 3.8) is 0 Å². The van der Waals surface area contributed by atoms with Gasteiger partial charge in [0.05, 0.1) is 0 Å². The first kappa shape index (κ1) is 11.8. The molecule has 0 aliphatic rings. The van der Waals surface area contributed by atoms with E-state index in [0.717, 1.165) is 17.7 Å². The fourth-order valence-corrected chi connectivity index (χ4v) is 1.70. The average molecular weight is 236 g/mol. The first-order valence-electron chi connectivity index (χ1n) is 5.47. The van der Waals surface area contributed by atoms with Gasteiger partial charge in [-0.3, -0.25) is 0 Å². The molecule has 4 heteroatoms. The minimum absolute atomic E-state index is 0.236. The number of aromatic amines is 1. The lowest BCUT2D eigenvalue weighted by molar-refractivity contribution is 0.519. The molecule has 2 rings (SSSR count). The number of hydrogen-bond donors (Lipinski definition) is 2. The van der Waals surface area contributed by atoms with Crippen LogP contribution in [-0.2, 0) is 6.54 Å². The maximum atomic E-state index is 13.5. The molecule has 0 spiro atoms. The van der Waals surface area contributed by atoms with Crippen LogP contribution in [0.25, 0.3) is 0 Å². The fraction of sp³-hybridized carbons (Fsp3) is 0.231. The number of aromatic nitrogens is 1.